The van der Waals surface area contributed by atoms with Gasteiger partial charge in [-0.3, -0.25) is 10.5 Å². The number of allylic oxidation sites excluding steroid dienone is 2. The van der Waals surface area contributed by atoms with Crippen molar-refractivity contribution >= 4 is 12.3 Å². The second-order valence-corrected chi connectivity index (χ2v) is 7.11. The van der Waals surface area contributed by atoms with E-state index in [4.69, 9.17) is 40.5 Å². The summed E-state index contributed by atoms with van der Waals surface area (Å²) in [5.41, 5.74) is 0. The summed E-state index contributed by atoms with van der Waals surface area (Å²) >= 11 is 0. The van der Waals surface area contributed by atoms with Crippen LogP contribution in [0, 0.1) is 11.8 Å². The van der Waals surface area contributed by atoms with Gasteiger partial charge in [-0.1, -0.05) is 12.2 Å². The topological polar surface area (TPSA) is 174 Å². The van der Waals surface area contributed by atoms with Gasteiger partial charge in [0.1, 0.15) is 0 Å². The molecule has 176 valence electrons. The van der Waals surface area contributed by atoms with Crippen LogP contribution in [0.5, 0.6) is 0 Å². The second kappa shape index (κ2) is 20.1. The van der Waals surface area contributed by atoms with Crippen molar-refractivity contribution in [1.29, 1.82) is 0 Å². The Hall–Kier alpha value is -2.14. The molecule has 10 nitrogen and oxygen atoms in total. The van der Waals surface area contributed by atoms with E-state index in [0.717, 1.165) is 76.0 Å². The summed E-state index contributed by atoms with van der Waals surface area (Å²) in [7, 11) is 0. The Kier molecular flexibility index (Phi) is 20.2. The molecule has 2 saturated carbocycles. The van der Waals surface area contributed by atoms with Gasteiger partial charge in [0.05, 0.1) is 12.2 Å². The van der Waals surface area contributed by atoms with Gasteiger partial charge in [0.15, 0.2) is 0 Å². The Balaban J connectivity index is 0. The summed E-state index contributed by atoms with van der Waals surface area (Å²) in [5.74, 6) is 1.55. The van der Waals surface area contributed by atoms with Crippen molar-refractivity contribution in [2.24, 2.45) is 11.8 Å². The molecule has 0 aliphatic heterocycles. The van der Waals surface area contributed by atoms with Gasteiger partial charge < -0.3 is 20.4 Å². The zero-order valence-electron chi connectivity index (χ0n) is 17.3. The highest BCUT2D eigenvalue weighted by Gasteiger charge is 2.21. The average Bonchev–Trinajstić information content (AvgIpc) is 2.69. The second-order valence-electron chi connectivity index (χ2n) is 7.11. The molecule has 0 aromatic heterocycles. The first-order valence-corrected chi connectivity index (χ1v) is 9.85. The maximum absolute atomic E-state index is 8.56. The van der Waals surface area contributed by atoms with E-state index in [0.29, 0.717) is 0 Å². The quantitative estimate of drug-likeness (QED) is 0.173. The number of rotatable bonds is 6. The van der Waals surface area contributed by atoms with Crippen molar-refractivity contribution in [3.05, 3.63) is 25.3 Å². The summed E-state index contributed by atoms with van der Waals surface area (Å²) in [6, 6.07) is 0. The Morgan fingerprint density at radius 2 is 0.900 bits per heavy atom. The highest BCUT2D eigenvalue weighted by Crippen LogP contribution is 2.28. The molecule has 30 heavy (non-hydrogen) atoms. The highest BCUT2D eigenvalue weighted by atomic mass is 17.1. The lowest BCUT2D eigenvalue weighted by Crippen LogP contribution is -2.20. The van der Waals surface area contributed by atoms with Crippen molar-refractivity contribution in [1.82, 2.24) is 0 Å². The number of carbonyl (C=O) groups is 2. The lowest BCUT2D eigenvalue weighted by molar-refractivity contribution is -0.285. The molecule has 0 aromatic rings. The summed E-state index contributed by atoms with van der Waals surface area (Å²) in [5, 5.41) is 44.7. The first-order valence-electron chi connectivity index (χ1n) is 9.85. The molecule has 0 spiro atoms. The predicted molar refractivity (Wildman–Crippen MR) is 110 cm³/mol. The number of hydrogen-bond acceptors (Lipinski definition) is 6. The molecular weight excluding hydrogens is 400 g/mol. The molecule has 2 aliphatic carbocycles. The third-order valence-electron chi connectivity index (χ3n) is 4.89. The van der Waals surface area contributed by atoms with Crippen LogP contribution in [0.2, 0.25) is 0 Å². The fourth-order valence-corrected chi connectivity index (χ4v) is 3.42. The molecule has 0 radical (unpaired) electrons. The maximum Gasteiger partial charge on any atom is 0.503 e. The third-order valence-corrected chi connectivity index (χ3v) is 4.89. The fraction of sp³-hybridized carbons (Fsp3) is 0.700. The lowest BCUT2D eigenvalue weighted by Gasteiger charge is -2.25. The van der Waals surface area contributed by atoms with E-state index in [9.17, 15) is 0 Å². The molecule has 0 unspecified atom stereocenters. The molecule has 0 atom stereocenters. The van der Waals surface area contributed by atoms with Crippen molar-refractivity contribution < 1.29 is 50.3 Å². The predicted octanol–water partition coefficient (Wildman–Crippen LogP) is 5.67. The van der Waals surface area contributed by atoms with Crippen molar-refractivity contribution in [3.63, 3.8) is 0 Å². The maximum atomic E-state index is 8.56. The van der Waals surface area contributed by atoms with Crippen LogP contribution in [0.4, 0.5) is 9.59 Å². The van der Waals surface area contributed by atoms with E-state index in [1.807, 2.05) is 12.2 Å². The van der Waals surface area contributed by atoms with Crippen LogP contribution in [-0.2, 0) is 9.78 Å². The van der Waals surface area contributed by atoms with Crippen LogP contribution >= 0.6 is 0 Å². The van der Waals surface area contributed by atoms with Crippen LogP contribution < -0.4 is 0 Å². The van der Waals surface area contributed by atoms with E-state index in [1.54, 1.807) is 0 Å². The van der Waals surface area contributed by atoms with Gasteiger partial charge in [-0.05, 0) is 76.0 Å². The minimum Gasteiger partial charge on any atom is -0.450 e. The highest BCUT2D eigenvalue weighted by molar-refractivity contribution is 5.53. The molecule has 2 rings (SSSR count). The van der Waals surface area contributed by atoms with Gasteiger partial charge in [0.25, 0.3) is 0 Å². The Morgan fingerprint density at radius 3 is 1.07 bits per heavy atom. The van der Waals surface area contributed by atoms with E-state index >= 15 is 0 Å². The minimum absolute atomic E-state index is 0.0936. The normalized spacial score (nSPS) is 24.9. The molecule has 2 fully saturated rings. The van der Waals surface area contributed by atoms with Crippen LogP contribution in [0.3, 0.4) is 0 Å². The molecule has 10 heteroatoms. The van der Waals surface area contributed by atoms with E-state index < -0.39 is 12.3 Å². The Morgan fingerprint density at radius 1 is 0.667 bits per heavy atom. The zero-order chi connectivity index (χ0) is 23.4. The first kappa shape index (κ1) is 30.1. The third kappa shape index (κ3) is 20.6. The van der Waals surface area contributed by atoms with Gasteiger partial charge >= 0.3 is 12.3 Å². The van der Waals surface area contributed by atoms with Crippen LogP contribution in [0.1, 0.15) is 64.2 Å². The minimum atomic E-state index is -1.83. The summed E-state index contributed by atoms with van der Waals surface area (Å²) in [6.45, 7) is 7.43. The Bertz CT molecular complexity index is 403. The van der Waals surface area contributed by atoms with Crippen molar-refractivity contribution in [2.45, 2.75) is 76.4 Å². The van der Waals surface area contributed by atoms with Gasteiger partial charge in [0, 0.05) is 0 Å². The van der Waals surface area contributed by atoms with Gasteiger partial charge in [0.2, 0.25) is 0 Å². The smallest absolute Gasteiger partial charge is 0.450 e. The van der Waals surface area contributed by atoms with E-state index in [-0.39, 0.29) is 12.2 Å². The largest absolute Gasteiger partial charge is 0.503 e. The zero-order valence-corrected chi connectivity index (χ0v) is 17.3. The molecule has 0 heterocycles. The molecule has 0 amide bonds. The average molecular weight is 436 g/mol. The van der Waals surface area contributed by atoms with Crippen LogP contribution in [-0.4, -0.2) is 55.5 Å². The molecule has 2 aliphatic rings. The summed E-state index contributed by atoms with van der Waals surface area (Å²) in [6.07, 6.45) is 11.3. The van der Waals surface area contributed by atoms with Crippen molar-refractivity contribution in [2.75, 3.05) is 0 Å². The SMILES string of the molecule is C=CCC1CCC(OO)CC1.C=CCC1CCC(OO)CC1.O=C(O)O.O=C(O)O. The summed E-state index contributed by atoms with van der Waals surface area (Å²) in [4.78, 5) is 25.7. The fourth-order valence-electron chi connectivity index (χ4n) is 3.42. The number of carboxylic acid groups (broad SMARTS) is 4. The molecule has 0 bridgehead atoms. The molecule has 0 aromatic carbocycles. The molecule has 0 saturated heterocycles. The number of hydrogen-bond donors (Lipinski definition) is 6. The molecule has 6 N–H and O–H groups in total. The van der Waals surface area contributed by atoms with Crippen LogP contribution in [0.15, 0.2) is 25.3 Å². The monoisotopic (exact) mass is 436 g/mol. The van der Waals surface area contributed by atoms with E-state index in [1.165, 1.54) is 0 Å². The van der Waals surface area contributed by atoms with Gasteiger partial charge in [-0.15, -0.1) is 13.2 Å². The van der Waals surface area contributed by atoms with Crippen LogP contribution in [0.25, 0.3) is 0 Å². The van der Waals surface area contributed by atoms with Crippen molar-refractivity contribution in [3.8, 4) is 0 Å². The Labute approximate surface area is 176 Å². The lowest BCUT2D eigenvalue weighted by atomic mass is 9.85. The van der Waals surface area contributed by atoms with Gasteiger partial charge in [-0.2, -0.15) is 0 Å². The van der Waals surface area contributed by atoms with Gasteiger partial charge in [-0.25, -0.2) is 19.4 Å². The van der Waals surface area contributed by atoms with E-state index in [2.05, 4.69) is 22.9 Å². The standard InChI is InChI=1S/2C9H16O2.2CH2O3/c2*1-2-3-8-4-6-9(11-10)7-5-8;2*2-1(3)4/h2*2,8-10H,1,3-7H2;2*(H2,2,3,4). The first-order chi connectivity index (χ1) is 14.2. The molecular formula is C20H36O10. The summed E-state index contributed by atoms with van der Waals surface area (Å²) < 4.78 is 0.